The summed E-state index contributed by atoms with van der Waals surface area (Å²) in [5.41, 5.74) is 2.17. The van der Waals surface area contributed by atoms with E-state index in [0.717, 1.165) is 23.2 Å². The summed E-state index contributed by atoms with van der Waals surface area (Å²) >= 11 is 0. The van der Waals surface area contributed by atoms with Crippen LogP contribution in [0.4, 0.5) is 5.69 Å². The number of nitrogens with zero attached hydrogens (tertiary/aromatic N) is 1. The minimum atomic E-state index is -0.956. The topological polar surface area (TPSA) is 76.1 Å². The van der Waals surface area contributed by atoms with Crippen LogP contribution in [0.2, 0.25) is 0 Å². The quantitative estimate of drug-likeness (QED) is 0.780. The third-order valence-electron chi connectivity index (χ3n) is 6.91. The van der Waals surface area contributed by atoms with E-state index in [1.54, 1.807) is 0 Å². The molecule has 0 aromatic heterocycles. The van der Waals surface area contributed by atoms with E-state index in [2.05, 4.69) is 6.07 Å². The summed E-state index contributed by atoms with van der Waals surface area (Å²) in [7, 11) is 0. The predicted octanol–water partition coefficient (Wildman–Crippen LogP) is 1.83. The average Bonchev–Trinajstić information content (AvgIpc) is 3.35. The van der Waals surface area contributed by atoms with Gasteiger partial charge in [-0.25, -0.2) is 0 Å². The number of ether oxygens (including phenoxy) is 2. The minimum absolute atomic E-state index is 0.0630. The predicted molar refractivity (Wildman–Crippen MR) is 90.6 cm³/mol. The summed E-state index contributed by atoms with van der Waals surface area (Å²) in [6.45, 7) is 2.68. The molecule has 0 saturated carbocycles. The summed E-state index contributed by atoms with van der Waals surface area (Å²) in [5, 5.41) is 9.74. The Bertz CT molecular complexity index is 894. The van der Waals surface area contributed by atoms with E-state index in [-0.39, 0.29) is 24.0 Å². The van der Waals surface area contributed by atoms with Crippen molar-refractivity contribution in [3.63, 3.8) is 0 Å². The van der Waals surface area contributed by atoms with Crippen LogP contribution in [-0.4, -0.2) is 41.3 Å². The Kier molecular flexibility index (Phi) is 2.62. The Morgan fingerprint density at radius 1 is 1.38 bits per heavy atom. The van der Waals surface area contributed by atoms with Crippen LogP contribution in [-0.2, 0) is 19.1 Å². The van der Waals surface area contributed by atoms with Gasteiger partial charge in [-0.1, -0.05) is 29.8 Å². The second kappa shape index (κ2) is 4.56. The summed E-state index contributed by atoms with van der Waals surface area (Å²) in [5.74, 6) is -2.43. The SMILES string of the molecule is Cc1ccc2c(c1)[C@H]1OCC[C@H]1[C@H]1N2C(=O)[C@@H]2[C@@H](C(=O)O)[C@H]3C=C[C@]21O3. The zero-order valence-corrected chi connectivity index (χ0v) is 14.3. The van der Waals surface area contributed by atoms with Crippen molar-refractivity contribution in [2.75, 3.05) is 11.5 Å². The molecule has 6 rings (SSSR count). The molecule has 1 amide bonds. The van der Waals surface area contributed by atoms with E-state index in [0.29, 0.717) is 6.61 Å². The highest BCUT2D eigenvalue weighted by atomic mass is 16.5. The summed E-state index contributed by atoms with van der Waals surface area (Å²) < 4.78 is 12.3. The Balaban J connectivity index is 1.59. The summed E-state index contributed by atoms with van der Waals surface area (Å²) in [6, 6.07) is 5.86. The molecule has 0 unspecified atom stereocenters. The fraction of sp³-hybridized carbons (Fsp3) is 0.500. The molecule has 134 valence electrons. The van der Waals surface area contributed by atoms with Gasteiger partial charge in [0.2, 0.25) is 5.91 Å². The molecule has 5 aliphatic heterocycles. The van der Waals surface area contributed by atoms with Gasteiger partial charge in [0.25, 0.3) is 0 Å². The number of hydrogen-bond acceptors (Lipinski definition) is 4. The number of aryl methyl sites for hydroxylation is 1. The maximum atomic E-state index is 13.5. The first-order valence-electron chi connectivity index (χ1n) is 9.18. The lowest BCUT2D eigenvalue weighted by atomic mass is 9.70. The van der Waals surface area contributed by atoms with E-state index in [1.807, 2.05) is 36.1 Å². The van der Waals surface area contributed by atoms with E-state index >= 15 is 0 Å². The van der Waals surface area contributed by atoms with Gasteiger partial charge < -0.3 is 19.5 Å². The molecule has 26 heavy (non-hydrogen) atoms. The molecule has 3 fully saturated rings. The molecule has 6 nitrogen and oxygen atoms in total. The molecule has 1 spiro atoms. The molecule has 2 bridgehead atoms. The van der Waals surface area contributed by atoms with Gasteiger partial charge in [-0.05, 0) is 19.4 Å². The number of benzene rings is 1. The maximum absolute atomic E-state index is 13.5. The Labute approximate surface area is 150 Å². The van der Waals surface area contributed by atoms with Gasteiger partial charge in [0, 0.05) is 23.8 Å². The number of carboxylic acid groups (broad SMARTS) is 1. The minimum Gasteiger partial charge on any atom is -0.481 e. The van der Waals surface area contributed by atoms with Gasteiger partial charge in [-0.2, -0.15) is 0 Å². The first-order valence-corrected chi connectivity index (χ1v) is 9.18. The number of amides is 1. The van der Waals surface area contributed by atoms with Crippen LogP contribution < -0.4 is 4.90 Å². The molecular weight excluding hydrogens is 334 g/mol. The molecule has 0 radical (unpaired) electrons. The second-order valence-corrected chi connectivity index (χ2v) is 8.10. The van der Waals surface area contributed by atoms with Crippen LogP contribution in [0.15, 0.2) is 30.4 Å². The number of hydrogen-bond donors (Lipinski definition) is 1. The Morgan fingerprint density at radius 3 is 3.04 bits per heavy atom. The molecule has 5 heterocycles. The van der Waals surface area contributed by atoms with Gasteiger partial charge >= 0.3 is 5.97 Å². The third-order valence-corrected chi connectivity index (χ3v) is 6.91. The summed E-state index contributed by atoms with van der Waals surface area (Å²) in [4.78, 5) is 27.2. The zero-order valence-electron chi connectivity index (χ0n) is 14.3. The lowest BCUT2D eigenvalue weighted by molar-refractivity contribution is -0.146. The van der Waals surface area contributed by atoms with Crippen LogP contribution in [0, 0.1) is 24.7 Å². The van der Waals surface area contributed by atoms with Gasteiger partial charge in [0.15, 0.2) is 0 Å². The number of aliphatic carboxylic acids is 1. The average molecular weight is 353 g/mol. The van der Waals surface area contributed by atoms with E-state index in [1.165, 1.54) is 0 Å². The van der Waals surface area contributed by atoms with Crippen molar-refractivity contribution >= 4 is 17.6 Å². The number of anilines is 1. The van der Waals surface area contributed by atoms with Crippen molar-refractivity contribution in [1.82, 2.24) is 0 Å². The largest absolute Gasteiger partial charge is 0.481 e. The van der Waals surface area contributed by atoms with E-state index < -0.39 is 29.5 Å². The number of carbonyl (C=O) groups excluding carboxylic acids is 1. The molecule has 0 aliphatic carbocycles. The number of fused-ring (bicyclic) bond motifs is 7. The van der Waals surface area contributed by atoms with Crippen molar-refractivity contribution in [3.8, 4) is 0 Å². The molecule has 7 atom stereocenters. The first kappa shape index (κ1) is 14.9. The molecule has 1 aromatic rings. The zero-order chi connectivity index (χ0) is 17.8. The standard InChI is InChI=1S/C20H19NO5/c1-9-2-3-12-11(8-9)16-10(5-7-25-16)17-20-6-4-13(26-20)14(19(23)24)15(20)18(22)21(12)17/h2-4,6,8,10,13-17H,5,7H2,1H3,(H,23,24)/t10-,13-,14+,15+,16+,17-,20+/m1/s1. The summed E-state index contributed by atoms with van der Waals surface area (Å²) in [6.07, 6.45) is 4.07. The van der Waals surface area contributed by atoms with Gasteiger partial charge in [0.1, 0.15) is 11.5 Å². The van der Waals surface area contributed by atoms with Crippen LogP contribution >= 0.6 is 0 Å². The van der Waals surface area contributed by atoms with Crippen LogP contribution in [0.3, 0.4) is 0 Å². The lowest BCUT2D eigenvalue weighted by Gasteiger charge is -2.44. The second-order valence-electron chi connectivity index (χ2n) is 8.10. The fourth-order valence-electron chi connectivity index (χ4n) is 6.04. The molecule has 1 aromatic carbocycles. The normalized spacial score (nSPS) is 44.0. The molecule has 1 N–H and O–H groups in total. The van der Waals surface area contributed by atoms with Crippen molar-refractivity contribution in [1.29, 1.82) is 0 Å². The van der Waals surface area contributed by atoms with E-state index in [4.69, 9.17) is 9.47 Å². The molecular formula is C20H19NO5. The van der Waals surface area contributed by atoms with Crippen LogP contribution in [0.5, 0.6) is 0 Å². The smallest absolute Gasteiger partial charge is 0.310 e. The fourth-order valence-corrected chi connectivity index (χ4v) is 6.04. The maximum Gasteiger partial charge on any atom is 0.310 e. The van der Waals surface area contributed by atoms with Gasteiger partial charge in [0.05, 0.1) is 24.2 Å². The molecule has 5 aliphatic rings. The van der Waals surface area contributed by atoms with Gasteiger partial charge in [-0.3, -0.25) is 9.59 Å². The Morgan fingerprint density at radius 2 is 2.23 bits per heavy atom. The highest BCUT2D eigenvalue weighted by molar-refractivity contribution is 6.04. The monoisotopic (exact) mass is 353 g/mol. The van der Waals surface area contributed by atoms with Crippen molar-refractivity contribution in [3.05, 3.63) is 41.5 Å². The molecule has 3 saturated heterocycles. The van der Waals surface area contributed by atoms with Gasteiger partial charge in [-0.15, -0.1) is 0 Å². The highest BCUT2D eigenvalue weighted by Crippen LogP contribution is 2.62. The number of carbonyl (C=O) groups is 2. The van der Waals surface area contributed by atoms with Crippen LogP contribution in [0.25, 0.3) is 0 Å². The van der Waals surface area contributed by atoms with Crippen LogP contribution in [0.1, 0.15) is 23.7 Å². The first-order chi connectivity index (χ1) is 12.5. The van der Waals surface area contributed by atoms with Crippen molar-refractivity contribution in [2.24, 2.45) is 17.8 Å². The highest BCUT2D eigenvalue weighted by Gasteiger charge is 2.74. The van der Waals surface area contributed by atoms with Crippen molar-refractivity contribution in [2.45, 2.75) is 37.2 Å². The number of rotatable bonds is 1. The number of carboxylic acids is 1. The van der Waals surface area contributed by atoms with E-state index in [9.17, 15) is 14.7 Å². The van der Waals surface area contributed by atoms with Crippen molar-refractivity contribution < 1.29 is 24.2 Å². The third kappa shape index (κ3) is 1.48. The molecule has 6 heteroatoms. The Hall–Kier alpha value is -2.18. The lowest BCUT2D eigenvalue weighted by Crippen LogP contribution is -2.53.